The van der Waals surface area contributed by atoms with Crippen LogP contribution >= 0.6 is 0 Å². The van der Waals surface area contributed by atoms with E-state index in [4.69, 9.17) is 0 Å². The minimum absolute atomic E-state index is 0.493. The van der Waals surface area contributed by atoms with Gasteiger partial charge in [-0.2, -0.15) is 0 Å². The van der Waals surface area contributed by atoms with Crippen LogP contribution in [-0.4, -0.2) is 0 Å². The molecule has 0 radical (unpaired) electrons. The molecule has 2 rings (SSSR count). The minimum atomic E-state index is 0.493. The molecule has 0 spiro atoms. The van der Waals surface area contributed by atoms with E-state index in [1.54, 1.807) is 5.57 Å². The summed E-state index contributed by atoms with van der Waals surface area (Å²) in [6.07, 6.45) is 11.0. The SMILES string of the molecule is CC1(C)CCC[C@]2(C)CCCC=C12. The summed E-state index contributed by atoms with van der Waals surface area (Å²) in [6.45, 7) is 7.35. The van der Waals surface area contributed by atoms with Gasteiger partial charge in [0.05, 0.1) is 0 Å². The van der Waals surface area contributed by atoms with Crippen molar-refractivity contribution in [2.45, 2.75) is 59.3 Å². The van der Waals surface area contributed by atoms with Gasteiger partial charge in [0.25, 0.3) is 0 Å². The number of allylic oxidation sites excluding steroid dienone is 2. The first-order chi connectivity index (χ1) is 6.05. The Hall–Kier alpha value is -0.260. The lowest BCUT2D eigenvalue weighted by molar-refractivity contribution is 0.174. The van der Waals surface area contributed by atoms with Crippen molar-refractivity contribution in [3.8, 4) is 0 Å². The zero-order valence-electron chi connectivity index (χ0n) is 9.32. The van der Waals surface area contributed by atoms with Gasteiger partial charge in [0.2, 0.25) is 0 Å². The van der Waals surface area contributed by atoms with Gasteiger partial charge < -0.3 is 0 Å². The Morgan fingerprint density at radius 1 is 1.00 bits per heavy atom. The van der Waals surface area contributed by atoms with Crippen LogP contribution in [0.15, 0.2) is 11.6 Å². The molecular formula is C13H22. The van der Waals surface area contributed by atoms with Crippen LogP contribution in [0.3, 0.4) is 0 Å². The van der Waals surface area contributed by atoms with E-state index in [0.29, 0.717) is 10.8 Å². The Morgan fingerprint density at radius 3 is 2.38 bits per heavy atom. The summed E-state index contributed by atoms with van der Waals surface area (Å²) in [4.78, 5) is 0. The van der Waals surface area contributed by atoms with E-state index in [-0.39, 0.29) is 0 Å². The Balaban J connectivity index is 2.36. The van der Waals surface area contributed by atoms with Gasteiger partial charge in [-0.25, -0.2) is 0 Å². The Kier molecular flexibility index (Phi) is 2.05. The Morgan fingerprint density at radius 2 is 1.69 bits per heavy atom. The van der Waals surface area contributed by atoms with Gasteiger partial charge in [-0.15, -0.1) is 0 Å². The molecule has 2 aliphatic rings. The topological polar surface area (TPSA) is 0 Å². The molecule has 1 atom stereocenters. The molecule has 0 unspecified atom stereocenters. The van der Waals surface area contributed by atoms with E-state index >= 15 is 0 Å². The molecule has 1 saturated carbocycles. The molecule has 13 heavy (non-hydrogen) atoms. The molecular weight excluding hydrogens is 156 g/mol. The van der Waals surface area contributed by atoms with E-state index in [9.17, 15) is 0 Å². The fourth-order valence-corrected chi connectivity index (χ4v) is 3.53. The van der Waals surface area contributed by atoms with Crippen molar-refractivity contribution in [1.29, 1.82) is 0 Å². The second-order valence-electron chi connectivity index (χ2n) is 5.81. The summed E-state index contributed by atoms with van der Waals surface area (Å²) < 4.78 is 0. The zero-order chi connectivity index (χ0) is 9.53. The van der Waals surface area contributed by atoms with Gasteiger partial charge in [0.1, 0.15) is 0 Å². The minimum Gasteiger partial charge on any atom is -0.0842 e. The molecule has 0 aliphatic heterocycles. The van der Waals surface area contributed by atoms with Gasteiger partial charge in [-0.1, -0.05) is 38.8 Å². The molecule has 0 nitrogen and oxygen atoms in total. The summed E-state index contributed by atoms with van der Waals surface area (Å²) in [7, 11) is 0. The highest BCUT2D eigenvalue weighted by atomic mass is 14.5. The third-order valence-electron chi connectivity index (χ3n) is 4.19. The van der Waals surface area contributed by atoms with Crippen LogP contribution in [-0.2, 0) is 0 Å². The van der Waals surface area contributed by atoms with Crippen LogP contribution in [0.2, 0.25) is 0 Å². The molecule has 0 bridgehead atoms. The van der Waals surface area contributed by atoms with Crippen molar-refractivity contribution < 1.29 is 0 Å². The standard InChI is InChI=1S/C13H22/c1-12(2)8-6-10-13(3)9-5-4-7-11(12)13/h7H,4-6,8-10H2,1-3H3/t13-/m0/s1. The van der Waals surface area contributed by atoms with Crippen LogP contribution in [0.25, 0.3) is 0 Å². The quantitative estimate of drug-likeness (QED) is 0.485. The molecule has 0 N–H and O–H groups in total. The lowest BCUT2D eigenvalue weighted by atomic mass is 9.57. The van der Waals surface area contributed by atoms with Gasteiger partial charge in [-0.05, 0) is 42.9 Å². The molecule has 0 aromatic rings. The van der Waals surface area contributed by atoms with E-state index in [0.717, 1.165) is 0 Å². The maximum atomic E-state index is 2.54. The van der Waals surface area contributed by atoms with Crippen LogP contribution in [0.1, 0.15) is 59.3 Å². The smallest absolute Gasteiger partial charge is 0.0111 e. The summed E-state index contributed by atoms with van der Waals surface area (Å²) >= 11 is 0. The van der Waals surface area contributed by atoms with Gasteiger partial charge >= 0.3 is 0 Å². The molecule has 0 heteroatoms. The lowest BCUT2D eigenvalue weighted by Crippen LogP contribution is -2.35. The maximum Gasteiger partial charge on any atom is -0.0111 e. The number of hydrogen-bond donors (Lipinski definition) is 0. The third kappa shape index (κ3) is 1.45. The second kappa shape index (κ2) is 2.87. The molecule has 2 aliphatic carbocycles. The van der Waals surface area contributed by atoms with Crippen molar-refractivity contribution in [2.24, 2.45) is 10.8 Å². The van der Waals surface area contributed by atoms with Crippen molar-refractivity contribution in [3.63, 3.8) is 0 Å². The predicted octanol–water partition coefficient (Wildman–Crippen LogP) is 4.31. The normalized spacial score (nSPS) is 37.9. The molecule has 0 saturated heterocycles. The van der Waals surface area contributed by atoms with E-state index < -0.39 is 0 Å². The monoisotopic (exact) mass is 178 g/mol. The molecule has 1 fully saturated rings. The first-order valence-electron chi connectivity index (χ1n) is 5.76. The summed E-state index contributed by atoms with van der Waals surface area (Å²) in [5, 5.41) is 0. The maximum absolute atomic E-state index is 2.54. The fraction of sp³-hybridized carbons (Fsp3) is 0.846. The highest BCUT2D eigenvalue weighted by molar-refractivity contribution is 5.25. The third-order valence-corrected chi connectivity index (χ3v) is 4.19. The van der Waals surface area contributed by atoms with Crippen LogP contribution < -0.4 is 0 Å². The largest absolute Gasteiger partial charge is 0.0842 e. The van der Waals surface area contributed by atoms with Crippen LogP contribution in [0, 0.1) is 10.8 Å². The molecule has 0 aromatic carbocycles. The van der Waals surface area contributed by atoms with E-state index in [1.807, 2.05) is 0 Å². The molecule has 0 aromatic heterocycles. The van der Waals surface area contributed by atoms with E-state index in [2.05, 4.69) is 26.8 Å². The molecule has 74 valence electrons. The number of fused-ring (bicyclic) bond motifs is 1. The van der Waals surface area contributed by atoms with Crippen molar-refractivity contribution >= 4 is 0 Å². The van der Waals surface area contributed by atoms with Gasteiger partial charge in [0, 0.05) is 0 Å². The first kappa shape index (κ1) is 9.30. The van der Waals surface area contributed by atoms with Crippen LogP contribution in [0.4, 0.5) is 0 Å². The van der Waals surface area contributed by atoms with Gasteiger partial charge in [-0.3, -0.25) is 0 Å². The average Bonchev–Trinajstić information content (AvgIpc) is 2.02. The highest BCUT2D eigenvalue weighted by Crippen LogP contribution is 2.54. The Bertz CT molecular complexity index is 234. The summed E-state index contributed by atoms with van der Waals surface area (Å²) in [5.41, 5.74) is 2.84. The van der Waals surface area contributed by atoms with E-state index in [1.165, 1.54) is 38.5 Å². The zero-order valence-corrected chi connectivity index (χ0v) is 9.32. The predicted molar refractivity (Wildman–Crippen MR) is 57.7 cm³/mol. The second-order valence-corrected chi connectivity index (χ2v) is 5.81. The highest BCUT2D eigenvalue weighted by Gasteiger charge is 2.41. The average molecular weight is 178 g/mol. The summed E-state index contributed by atoms with van der Waals surface area (Å²) in [6, 6.07) is 0. The molecule has 0 amide bonds. The first-order valence-corrected chi connectivity index (χ1v) is 5.76. The lowest BCUT2D eigenvalue weighted by Gasteiger charge is -2.48. The van der Waals surface area contributed by atoms with Crippen molar-refractivity contribution in [3.05, 3.63) is 11.6 Å². The Labute approximate surface area is 82.4 Å². The number of hydrogen-bond acceptors (Lipinski definition) is 0. The van der Waals surface area contributed by atoms with Crippen LogP contribution in [0.5, 0.6) is 0 Å². The van der Waals surface area contributed by atoms with Crippen molar-refractivity contribution in [1.82, 2.24) is 0 Å². The summed E-state index contributed by atoms with van der Waals surface area (Å²) in [5.74, 6) is 0. The molecule has 0 heterocycles. The fourth-order valence-electron chi connectivity index (χ4n) is 3.53. The van der Waals surface area contributed by atoms with Gasteiger partial charge in [0.15, 0.2) is 0 Å². The van der Waals surface area contributed by atoms with Crippen molar-refractivity contribution in [2.75, 3.05) is 0 Å². The number of rotatable bonds is 0.